The van der Waals surface area contributed by atoms with E-state index in [1.165, 1.54) is 0 Å². The average Bonchev–Trinajstić information content (AvgIpc) is 3.61. The molecule has 0 aliphatic heterocycles. The second kappa shape index (κ2) is 10.1. The Labute approximate surface area is 199 Å². The van der Waals surface area contributed by atoms with Crippen LogP contribution in [0.5, 0.6) is 0 Å². The van der Waals surface area contributed by atoms with Gasteiger partial charge in [-0.3, -0.25) is 14.2 Å². The molecule has 9 heteroatoms. The van der Waals surface area contributed by atoms with Crippen molar-refractivity contribution in [2.24, 2.45) is 0 Å². The smallest absolute Gasteiger partial charge is 0.261 e. The summed E-state index contributed by atoms with van der Waals surface area (Å²) in [6.45, 7) is 3.78. The first-order valence-electron chi connectivity index (χ1n) is 11.6. The van der Waals surface area contributed by atoms with Gasteiger partial charge in [0.15, 0.2) is 0 Å². The van der Waals surface area contributed by atoms with Gasteiger partial charge in [0, 0.05) is 31.5 Å². The molecule has 0 radical (unpaired) electrons. The van der Waals surface area contributed by atoms with Gasteiger partial charge >= 0.3 is 0 Å². The first-order chi connectivity index (χ1) is 16.2. The highest BCUT2D eigenvalue weighted by molar-refractivity contribution is 7.88. The Hall–Kier alpha value is -3.04. The van der Waals surface area contributed by atoms with E-state index >= 15 is 0 Å². The number of hydrogen-bond acceptors (Lipinski definition) is 5. The molecule has 2 N–H and O–H groups in total. The highest BCUT2D eigenvalue weighted by atomic mass is 32.2. The predicted octanol–water partition coefficient (Wildman–Crippen LogP) is 2.81. The summed E-state index contributed by atoms with van der Waals surface area (Å²) in [5, 5.41) is 3.48. The Morgan fingerprint density at radius 2 is 1.76 bits per heavy atom. The number of aromatic nitrogens is 2. The summed E-state index contributed by atoms with van der Waals surface area (Å²) in [5.41, 5.74) is 2.00. The van der Waals surface area contributed by atoms with Gasteiger partial charge in [0.2, 0.25) is 15.9 Å². The summed E-state index contributed by atoms with van der Waals surface area (Å²) < 4.78 is 29.0. The van der Waals surface area contributed by atoms with Gasteiger partial charge in [0.25, 0.3) is 5.56 Å². The van der Waals surface area contributed by atoms with Gasteiger partial charge in [-0.15, -0.1) is 0 Å². The molecule has 0 unspecified atom stereocenters. The van der Waals surface area contributed by atoms with Crippen LogP contribution < -0.4 is 15.6 Å². The number of fused-ring (bicyclic) bond motifs is 1. The number of aryl methyl sites for hydroxylation is 1. The van der Waals surface area contributed by atoms with E-state index in [0.717, 1.165) is 18.4 Å². The van der Waals surface area contributed by atoms with E-state index in [2.05, 4.69) is 15.0 Å². The van der Waals surface area contributed by atoms with Crippen LogP contribution in [0.3, 0.4) is 0 Å². The molecule has 1 heterocycles. The zero-order valence-electron chi connectivity index (χ0n) is 19.5. The molecule has 1 saturated carbocycles. The molecule has 0 spiro atoms. The van der Waals surface area contributed by atoms with Gasteiger partial charge in [0.1, 0.15) is 5.82 Å². The fourth-order valence-electron chi connectivity index (χ4n) is 4.06. The fraction of sp³-hybridized carbons (Fsp3) is 0.400. The molecule has 8 nitrogen and oxygen atoms in total. The normalized spacial score (nSPS) is 14.0. The number of nitrogens with zero attached hydrogens (tertiary/aromatic N) is 2. The number of carbonyl (C=O) groups is 1. The van der Waals surface area contributed by atoms with E-state index in [-0.39, 0.29) is 42.3 Å². The van der Waals surface area contributed by atoms with Crippen molar-refractivity contribution in [1.29, 1.82) is 0 Å². The van der Waals surface area contributed by atoms with E-state index in [1.807, 2.05) is 30.3 Å². The molecule has 0 atom stereocenters. The van der Waals surface area contributed by atoms with Crippen molar-refractivity contribution >= 4 is 26.8 Å². The Kier molecular flexibility index (Phi) is 7.13. The standard InChI is InChI=1S/C25H30N4O4S/c1-17(2)28-34(32,33)16-19-8-4-3-7-18(19)15-26-24(30)14-13-23-27-22-10-6-5-9-21(22)25(31)29(23)20-11-12-20/h3-10,17,20,28H,11-16H2,1-2H3,(H,26,30). The van der Waals surface area contributed by atoms with Crippen LogP contribution in [0.25, 0.3) is 10.9 Å². The average molecular weight is 483 g/mol. The van der Waals surface area contributed by atoms with Crippen molar-refractivity contribution in [2.45, 2.75) is 63.9 Å². The Morgan fingerprint density at radius 3 is 2.47 bits per heavy atom. The summed E-state index contributed by atoms with van der Waals surface area (Å²) in [7, 11) is -3.47. The molecular weight excluding hydrogens is 452 g/mol. The highest BCUT2D eigenvalue weighted by Crippen LogP contribution is 2.34. The third-order valence-corrected chi connectivity index (χ3v) is 7.25. The minimum Gasteiger partial charge on any atom is -0.352 e. The molecule has 0 bridgehead atoms. The molecule has 2 aromatic carbocycles. The van der Waals surface area contributed by atoms with Crippen molar-refractivity contribution in [1.82, 2.24) is 19.6 Å². The lowest BCUT2D eigenvalue weighted by molar-refractivity contribution is -0.121. The highest BCUT2D eigenvalue weighted by Gasteiger charge is 2.28. The molecule has 180 valence electrons. The van der Waals surface area contributed by atoms with Crippen LogP contribution in [0.4, 0.5) is 0 Å². The van der Waals surface area contributed by atoms with Crippen LogP contribution >= 0.6 is 0 Å². The number of para-hydroxylation sites is 1. The molecule has 1 aromatic heterocycles. The number of carbonyl (C=O) groups excluding carboxylic acids is 1. The molecule has 3 aromatic rings. The maximum atomic E-state index is 13.0. The van der Waals surface area contributed by atoms with Crippen molar-refractivity contribution < 1.29 is 13.2 Å². The summed E-state index contributed by atoms with van der Waals surface area (Å²) in [6.07, 6.45) is 2.44. The Bertz CT molecular complexity index is 1360. The number of nitrogens with one attached hydrogen (secondary N) is 2. The number of hydrogen-bond donors (Lipinski definition) is 2. The third kappa shape index (κ3) is 5.90. The number of benzene rings is 2. The van der Waals surface area contributed by atoms with Gasteiger partial charge < -0.3 is 5.32 Å². The monoisotopic (exact) mass is 482 g/mol. The largest absolute Gasteiger partial charge is 0.352 e. The molecule has 34 heavy (non-hydrogen) atoms. The second-order valence-corrected chi connectivity index (χ2v) is 10.8. The summed E-state index contributed by atoms with van der Waals surface area (Å²) in [4.78, 5) is 30.3. The van der Waals surface area contributed by atoms with Gasteiger partial charge in [-0.1, -0.05) is 36.4 Å². The van der Waals surface area contributed by atoms with Crippen molar-refractivity contribution in [2.75, 3.05) is 0 Å². The zero-order valence-corrected chi connectivity index (χ0v) is 20.3. The van der Waals surface area contributed by atoms with Crippen LogP contribution in [0.1, 0.15) is 56.1 Å². The topological polar surface area (TPSA) is 110 Å². The van der Waals surface area contributed by atoms with Gasteiger partial charge in [0.05, 0.1) is 16.7 Å². The third-order valence-electron chi connectivity index (χ3n) is 5.72. The second-order valence-electron chi connectivity index (χ2n) is 9.03. The van der Waals surface area contributed by atoms with Crippen molar-refractivity contribution in [3.8, 4) is 0 Å². The minimum atomic E-state index is -3.47. The van der Waals surface area contributed by atoms with Crippen LogP contribution in [0, 0.1) is 0 Å². The number of rotatable bonds is 10. The maximum Gasteiger partial charge on any atom is 0.261 e. The zero-order chi connectivity index (χ0) is 24.3. The Balaban J connectivity index is 1.42. The van der Waals surface area contributed by atoms with Crippen molar-refractivity contribution in [3.63, 3.8) is 0 Å². The Morgan fingerprint density at radius 1 is 1.09 bits per heavy atom. The molecule has 0 saturated heterocycles. The van der Waals surface area contributed by atoms with E-state index in [4.69, 9.17) is 0 Å². The van der Waals surface area contributed by atoms with Gasteiger partial charge in [-0.05, 0) is 49.9 Å². The molecule has 1 amide bonds. The number of sulfonamides is 1. The van der Waals surface area contributed by atoms with E-state index in [1.54, 1.807) is 36.6 Å². The number of amides is 1. The van der Waals surface area contributed by atoms with Crippen LogP contribution in [-0.4, -0.2) is 29.9 Å². The lowest BCUT2D eigenvalue weighted by Gasteiger charge is -2.14. The van der Waals surface area contributed by atoms with E-state index < -0.39 is 10.0 Å². The minimum absolute atomic E-state index is 0.0475. The first kappa shape index (κ1) is 24.1. The molecule has 4 rings (SSSR count). The van der Waals surface area contributed by atoms with Crippen molar-refractivity contribution in [3.05, 3.63) is 75.8 Å². The van der Waals surface area contributed by atoms with E-state index in [9.17, 15) is 18.0 Å². The molecule has 1 fully saturated rings. The summed E-state index contributed by atoms with van der Waals surface area (Å²) in [5.74, 6) is 0.307. The maximum absolute atomic E-state index is 13.0. The molecule has 1 aliphatic rings. The fourth-order valence-corrected chi connectivity index (χ4v) is 5.55. The van der Waals surface area contributed by atoms with Gasteiger partial charge in [-0.2, -0.15) is 0 Å². The molecular formula is C25H30N4O4S. The first-order valence-corrected chi connectivity index (χ1v) is 13.2. The summed E-state index contributed by atoms with van der Waals surface area (Å²) >= 11 is 0. The summed E-state index contributed by atoms with van der Waals surface area (Å²) in [6, 6.07) is 14.4. The SMILES string of the molecule is CC(C)NS(=O)(=O)Cc1ccccc1CNC(=O)CCc1nc2ccccc2c(=O)n1C1CC1. The van der Waals surface area contributed by atoms with Crippen LogP contribution in [0.2, 0.25) is 0 Å². The van der Waals surface area contributed by atoms with Gasteiger partial charge in [-0.25, -0.2) is 18.1 Å². The molecule has 1 aliphatic carbocycles. The lowest BCUT2D eigenvalue weighted by Crippen LogP contribution is -2.32. The quantitative estimate of drug-likeness (QED) is 0.462. The lowest BCUT2D eigenvalue weighted by atomic mass is 10.1. The predicted molar refractivity (Wildman–Crippen MR) is 132 cm³/mol. The van der Waals surface area contributed by atoms with E-state index in [0.29, 0.717) is 28.7 Å². The van der Waals surface area contributed by atoms with Crippen LogP contribution in [-0.2, 0) is 33.5 Å². The van der Waals surface area contributed by atoms with Crippen LogP contribution in [0.15, 0.2) is 53.3 Å².